The van der Waals surface area contributed by atoms with Crippen molar-refractivity contribution in [3.8, 4) is 5.69 Å². The predicted molar refractivity (Wildman–Crippen MR) is 81.0 cm³/mol. The summed E-state index contributed by atoms with van der Waals surface area (Å²) in [5.41, 5.74) is 2.62. The van der Waals surface area contributed by atoms with E-state index < -0.39 is 0 Å². The average Bonchev–Trinajstić information content (AvgIpc) is 2.83. The summed E-state index contributed by atoms with van der Waals surface area (Å²) in [4.78, 5) is 4.31. The SMILES string of the molecule is C=CCNc1nccn1-c1ccc(C(C)(C)C)cc1. The van der Waals surface area contributed by atoms with Gasteiger partial charge in [-0.15, -0.1) is 6.58 Å². The Morgan fingerprint density at radius 2 is 1.95 bits per heavy atom. The first-order valence-corrected chi connectivity index (χ1v) is 6.51. The van der Waals surface area contributed by atoms with E-state index in [0.717, 1.165) is 11.6 Å². The van der Waals surface area contributed by atoms with Gasteiger partial charge in [0.15, 0.2) is 0 Å². The number of nitrogens with zero attached hydrogens (tertiary/aromatic N) is 2. The molecule has 0 aliphatic heterocycles. The third-order valence-electron chi connectivity index (χ3n) is 3.06. The molecule has 0 atom stereocenters. The van der Waals surface area contributed by atoms with E-state index >= 15 is 0 Å². The second-order valence-corrected chi connectivity index (χ2v) is 5.59. The number of rotatable bonds is 4. The van der Waals surface area contributed by atoms with Gasteiger partial charge in [0.1, 0.15) is 0 Å². The molecule has 2 rings (SSSR count). The van der Waals surface area contributed by atoms with Crippen molar-refractivity contribution >= 4 is 5.95 Å². The van der Waals surface area contributed by atoms with E-state index in [-0.39, 0.29) is 5.41 Å². The lowest BCUT2D eigenvalue weighted by Gasteiger charge is -2.19. The van der Waals surface area contributed by atoms with Crippen LogP contribution in [0.4, 0.5) is 5.95 Å². The molecule has 0 aliphatic carbocycles. The number of anilines is 1. The molecule has 3 heteroatoms. The van der Waals surface area contributed by atoms with Crippen LogP contribution in [0.25, 0.3) is 5.69 Å². The lowest BCUT2D eigenvalue weighted by molar-refractivity contribution is 0.590. The minimum Gasteiger partial charge on any atom is -0.352 e. The van der Waals surface area contributed by atoms with E-state index in [1.54, 1.807) is 6.20 Å². The maximum atomic E-state index is 4.31. The maximum absolute atomic E-state index is 4.31. The van der Waals surface area contributed by atoms with Crippen LogP contribution in [0, 0.1) is 0 Å². The van der Waals surface area contributed by atoms with Crippen LogP contribution in [0.2, 0.25) is 0 Å². The molecule has 2 aromatic rings. The van der Waals surface area contributed by atoms with E-state index in [1.165, 1.54) is 5.56 Å². The molecule has 19 heavy (non-hydrogen) atoms. The smallest absolute Gasteiger partial charge is 0.207 e. The van der Waals surface area contributed by atoms with Crippen LogP contribution in [-0.4, -0.2) is 16.1 Å². The highest BCUT2D eigenvalue weighted by Crippen LogP contribution is 2.24. The normalized spacial score (nSPS) is 11.3. The van der Waals surface area contributed by atoms with Crippen molar-refractivity contribution in [3.63, 3.8) is 0 Å². The summed E-state index contributed by atoms with van der Waals surface area (Å²) >= 11 is 0. The van der Waals surface area contributed by atoms with Gasteiger partial charge in [0.2, 0.25) is 5.95 Å². The summed E-state index contributed by atoms with van der Waals surface area (Å²) in [6.45, 7) is 11.1. The number of hydrogen-bond acceptors (Lipinski definition) is 2. The quantitative estimate of drug-likeness (QED) is 0.843. The van der Waals surface area contributed by atoms with Crippen molar-refractivity contribution in [3.05, 3.63) is 54.9 Å². The van der Waals surface area contributed by atoms with Crippen molar-refractivity contribution in [2.75, 3.05) is 11.9 Å². The Kier molecular flexibility index (Phi) is 3.74. The summed E-state index contributed by atoms with van der Waals surface area (Å²) in [6.07, 6.45) is 5.57. The number of benzene rings is 1. The van der Waals surface area contributed by atoms with E-state index in [4.69, 9.17) is 0 Å². The van der Waals surface area contributed by atoms with Crippen LogP contribution in [0.5, 0.6) is 0 Å². The van der Waals surface area contributed by atoms with Crippen LogP contribution in [-0.2, 0) is 5.41 Å². The lowest BCUT2D eigenvalue weighted by Crippen LogP contribution is -2.11. The van der Waals surface area contributed by atoms with Crippen molar-refractivity contribution in [2.24, 2.45) is 0 Å². The first-order valence-electron chi connectivity index (χ1n) is 6.51. The topological polar surface area (TPSA) is 29.9 Å². The van der Waals surface area contributed by atoms with Gasteiger partial charge in [0, 0.05) is 24.6 Å². The Morgan fingerprint density at radius 1 is 1.26 bits per heavy atom. The minimum absolute atomic E-state index is 0.178. The highest BCUT2D eigenvalue weighted by molar-refractivity contribution is 5.44. The van der Waals surface area contributed by atoms with E-state index in [2.05, 4.69) is 61.9 Å². The molecule has 0 aliphatic rings. The largest absolute Gasteiger partial charge is 0.352 e. The second kappa shape index (κ2) is 5.31. The molecule has 0 saturated heterocycles. The molecule has 1 N–H and O–H groups in total. The zero-order chi connectivity index (χ0) is 13.9. The van der Waals surface area contributed by atoms with Crippen molar-refractivity contribution < 1.29 is 0 Å². The van der Waals surface area contributed by atoms with Gasteiger partial charge in [0.25, 0.3) is 0 Å². The summed E-state index contributed by atoms with van der Waals surface area (Å²) < 4.78 is 2.04. The van der Waals surface area contributed by atoms with E-state index in [0.29, 0.717) is 6.54 Å². The zero-order valence-electron chi connectivity index (χ0n) is 11.9. The molecule has 1 heterocycles. The Bertz CT molecular complexity index is 544. The molecule has 1 aromatic heterocycles. The van der Waals surface area contributed by atoms with Gasteiger partial charge in [0.05, 0.1) is 0 Å². The van der Waals surface area contributed by atoms with Gasteiger partial charge in [-0.25, -0.2) is 4.98 Å². The molecule has 3 nitrogen and oxygen atoms in total. The van der Waals surface area contributed by atoms with Crippen LogP contribution >= 0.6 is 0 Å². The van der Waals surface area contributed by atoms with Gasteiger partial charge in [-0.2, -0.15) is 0 Å². The summed E-state index contributed by atoms with van der Waals surface area (Å²) in [5, 5.41) is 3.22. The fourth-order valence-corrected chi connectivity index (χ4v) is 1.93. The molecular formula is C16H21N3. The first-order chi connectivity index (χ1) is 9.02. The highest BCUT2D eigenvalue weighted by Gasteiger charge is 2.13. The van der Waals surface area contributed by atoms with Crippen molar-refractivity contribution in [1.29, 1.82) is 0 Å². The fourth-order valence-electron chi connectivity index (χ4n) is 1.93. The maximum Gasteiger partial charge on any atom is 0.207 e. The predicted octanol–water partition coefficient (Wildman–Crippen LogP) is 3.77. The fraction of sp³-hybridized carbons (Fsp3) is 0.312. The molecule has 0 spiro atoms. The minimum atomic E-state index is 0.178. The van der Waals surface area contributed by atoms with Crippen LogP contribution in [0.15, 0.2) is 49.3 Å². The van der Waals surface area contributed by atoms with E-state index in [9.17, 15) is 0 Å². The molecule has 0 amide bonds. The van der Waals surface area contributed by atoms with Crippen molar-refractivity contribution in [1.82, 2.24) is 9.55 Å². The average molecular weight is 255 g/mol. The highest BCUT2D eigenvalue weighted by atomic mass is 15.2. The zero-order valence-corrected chi connectivity index (χ0v) is 11.9. The van der Waals surface area contributed by atoms with Gasteiger partial charge in [-0.05, 0) is 23.1 Å². The standard InChI is InChI=1S/C16H21N3/c1-5-10-17-15-18-11-12-19(15)14-8-6-13(7-9-14)16(2,3)4/h5-9,11-12H,1,10H2,2-4H3,(H,17,18). The third kappa shape index (κ3) is 3.05. The molecule has 0 unspecified atom stereocenters. The summed E-state index contributed by atoms with van der Waals surface area (Å²) in [5.74, 6) is 0.836. The Hall–Kier alpha value is -2.03. The summed E-state index contributed by atoms with van der Waals surface area (Å²) in [7, 11) is 0. The van der Waals surface area contributed by atoms with Crippen LogP contribution in [0.1, 0.15) is 26.3 Å². The first kappa shape index (κ1) is 13.4. The second-order valence-electron chi connectivity index (χ2n) is 5.59. The molecule has 1 aromatic carbocycles. The number of nitrogens with one attached hydrogen (secondary N) is 1. The Labute approximate surface area is 115 Å². The summed E-state index contributed by atoms with van der Waals surface area (Å²) in [6, 6.07) is 8.60. The van der Waals surface area contributed by atoms with Gasteiger partial charge in [-0.3, -0.25) is 4.57 Å². The molecule has 0 saturated carbocycles. The van der Waals surface area contributed by atoms with E-state index in [1.807, 2.05) is 16.8 Å². The Morgan fingerprint density at radius 3 is 2.53 bits per heavy atom. The Balaban J connectivity index is 2.27. The van der Waals surface area contributed by atoms with Crippen LogP contribution in [0.3, 0.4) is 0 Å². The molecule has 0 radical (unpaired) electrons. The van der Waals surface area contributed by atoms with Crippen molar-refractivity contribution in [2.45, 2.75) is 26.2 Å². The molecular weight excluding hydrogens is 234 g/mol. The number of imidazole rings is 1. The third-order valence-corrected chi connectivity index (χ3v) is 3.06. The van der Waals surface area contributed by atoms with Gasteiger partial charge < -0.3 is 5.32 Å². The van der Waals surface area contributed by atoms with Crippen LogP contribution < -0.4 is 5.32 Å². The molecule has 0 fully saturated rings. The molecule has 100 valence electrons. The monoisotopic (exact) mass is 255 g/mol. The molecule has 0 bridgehead atoms. The van der Waals surface area contributed by atoms with Gasteiger partial charge in [-0.1, -0.05) is 39.0 Å². The lowest BCUT2D eigenvalue weighted by atomic mass is 9.87. The number of aromatic nitrogens is 2. The number of hydrogen-bond donors (Lipinski definition) is 1. The van der Waals surface area contributed by atoms with Gasteiger partial charge >= 0.3 is 0 Å².